The highest BCUT2D eigenvalue weighted by molar-refractivity contribution is 6.48. The number of hydrogen-bond acceptors (Lipinski definition) is 2. The predicted octanol–water partition coefficient (Wildman–Crippen LogP) is 3.70. The lowest BCUT2D eigenvalue weighted by atomic mass is 10.3. The van der Waals surface area contributed by atoms with Crippen molar-refractivity contribution in [3.8, 4) is 0 Å². The van der Waals surface area contributed by atoms with Crippen LogP contribution in [0.2, 0.25) is 15.1 Å². The van der Waals surface area contributed by atoms with Gasteiger partial charge in [0.25, 0.3) is 5.97 Å². The Balaban J connectivity index is 0.000000423. The van der Waals surface area contributed by atoms with E-state index in [2.05, 4.69) is 4.98 Å². The second kappa shape index (κ2) is 6.88. The van der Waals surface area contributed by atoms with Crippen LogP contribution in [0.5, 0.6) is 0 Å². The van der Waals surface area contributed by atoms with Crippen LogP contribution >= 0.6 is 34.8 Å². The number of hydrogen-bond donors (Lipinski definition) is 1. The summed E-state index contributed by atoms with van der Waals surface area (Å²) in [5.41, 5.74) is 0.779. The number of aryl methyl sites for hydroxylation is 1. The van der Waals surface area contributed by atoms with E-state index >= 15 is 0 Å². The van der Waals surface area contributed by atoms with Gasteiger partial charge in [0.05, 0.1) is 20.8 Å². The maximum atomic E-state index is 9.00. The summed E-state index contributed by atoms with van der Waals surface area (Å²) in [4.78, 5) is 13.0. The van der Waals surface area contributed by atoms with Crippen molar-refractivity contribution in [1.82, 2.24) is 4.98 Å². The third-order valence-electron chi connectivity index (χ3n) is 1.32. The second-order valence-electron chi connectivity index (χ2n) is 2.55. The van der Waals surface area contributed by atoms with E-state index in [-0.39, 0.29) is 0 Å². The minimum Gasteiger partial charge on any atom is -0.481 e. The summed E-state index contributed by atoms with van der Waals surface area (Å²) >= 11 is 17.2. The van der Waals surface area contributed by atoms with Crippen molar-refractivity contribution < 1.29 is 9.90 Å². The molecule has 0 atom stereocenters. The van der Waals surface area contributed by atoms with Gasteiger partial charge in [-0.05, 0) is 6.42 Å². The quantitative estimate of drug-likeness (QED) is 0.846. The van der Waals surface area contributed by atoms with E-state index in [0.717, 1.165) is 19.0 Å². The summed E-state index contributed by atoms with van der Waals surface area (Å²) in [5.74, 6) is -0.833. The lowest BCUT2D eigenvalue weighted by molar-refractivity contribution is -0.134. The fourth-order valence-electron chi connectivity index (χ4n) is 0.726. The Bertz CT molecular complexity index is 351. The molecule has 0 aromatic carbocycles. The van der Waals surface area contributed by atoms with Gasteiger partial charge >= 0.3 is 0 Å². The van der Waals surface area contributed by atoms with Crippen LogP contribution in [0.1, 0.15) is 19.5 Å². The van der Waals surface area contributed by atoms with E-state index in [1.807, 2.05) is 6.92 Å². The fraction of sp³-hybridized carbons (Fsp3) is 0.333. The highest BCUT2D eigenvalue weighted by Gasteiger charge is 2.07. The number of pyridine rings is 1. The van der Waals surface area contributed by atoms with E-state index in [4.69, 9.17) is 44.7 Å². The zero-order chi connectivity index (χ0) is 12.0. The molecule has 0 aliphatic carbocycles. The van der Waals surface area contributed by atoms with Crippen LogP contribution in [-0.2, 0) is 11.2 Å². The summed E-state index contributed by atoms with van der Waals surface area (Å²) < 4.78 is 0. The SMILES string of the molecule is CC(=O)O.CCc1ncc(Cl)c(Cl)c1Cl. The Morgan fingerprint density at radius 1 is 1.40 bits per heavy atom. The molecule has 1 aromatic heterocycles. The number of aliphatic carboxylic acids is 1. The second-order valence-corrected chi connectivity index (χ2v) is 3.72. The highest BCUT2D eigenvalue weighted by Crippen LogP contribution is 2.30. The van der Waals surface area contributed by atoms with Crippen LogP contribution in [0.4, 0.5) is 0 Å². The van der Waals surface area contributed by atoms with Crippen LogP contribution < -0.4 is 0 Å². The first-order valence-electron chi connectivity index (χ1n) is 4.08. The van der Waals surface area contributed by atoms with E-state index in [1.54, 1.807) is 0 Å². The minimum absolute atomic E-state index is 0.389. The van der Waals surface area contributed by atoms with Crippen LogP contribution in [0.25, 0.3) is 0 Å². The molecule has 1 N–H and O–H groups in total. The molecule has 0 saturated heterocycles. The molecule has 3 nitrogen and oxygen atoms in total. The van der Waals surface area contributed by atoms with E-state index in [0.29, 0.717) is 15.1 Å². The number of nitrogens with zero attached hydrogens (tertiary/aromatic N) is 1. The maximum Gasteiger partial charge on any atom is 0.300 e. The number of carboxylic acid groups (broad SMARTS) is 1. The lowest BCUT2D eigenvalue weighted by Gasteiger charge is -2.02. The van der Waals surface area contributed by atoms with Gasteiger partial charge in [-0.15, -0.1) is 0 Å². The van der Waals surface area contributed by atoms with Crippen LogP contribution in [0.15, 0.2) is 6.20 Å². The molecule has 1 heterocycles. The molecule has 0 amide bonds. The molecule has 1 aromatic rings. The third-order valence-corrected chi connectivity index (χ3v) is 2.60. The highest BCUT2D eigenvalue weighted by atomic mass is 35.5. The maximum absolute atomic E-state index is 9.00. The van der Waals surface area contributed by atoms with Gasteiger partial charge in [0, 0.05) is 13.1 Å². The zero-order valence-electron chi connectivity index (χ0n) is 8.22. The van der Waals surface area contributed by atoms with Crippen molar-refractivity contribution in [2.45, 2.75) is 20.3 Å². The number of carbonyl (C=O) groups is 1. The topological polar surface area (TPSA) is 50.2 Å². The molecule has 0 aliphatic heterocycles. The summed E-state index contributed by atoms with van der Waals surface area (Å²) in [7, 11) is 0. The Hall–Kier alpha value is -0.510. The Morgan fingerprint density at radius 3 is 2.27 bits per heavy atom. The Labute approximate surface area is 103 Å². The molecule has 0 unspecified atom stereocenters. The van der Waals surface area contributed by atoms with Gasteiger partial charge in [0.2, 0.25) is 0 Å². The lowest BCUT2D eigenvalue weighted by Crippen LogP contribution is -1.88. The third kappa shape index (κ3) is 5.21. The van der Waals surface area contributed by atoms with Gasteiger partial charge in [-0.2, -0.15) is 0 Å². The van der Waals surface area contributed by atoms with E-state index < -0.39 is 5.97 Å². The fourth-order valence-corrected chi connectivity index (χ4v) is 1.36. The summed E-state index contributed by atoms with van der Waals surface area (Å²) in [5, 5.41) is 8.66. The predicted molar refractivity (Wildman–Crippen MR) is 62.0 cm³/mol. The Kier molecular flexibility index (Phi) is 6.65. The smallest absolute Gasteiger partial charge is 0.300 e. The number of carboxylic acids is 1. The van der Waals surface area contributed by atoms with Gasteiger partial charge in [-0.1, -0.05) is 41.7 Å². The van der Waals surface area contributed by atoms with Crippen molar-refractivity contribution in [2.24, 2.45) is 0 Å². The van der Waals surface area contributed by atoms with Crippen LogP contribution in [0.3, 0.4) is 0 Å². The first-order chi connectivity index (χ1) is 6.90. The van der Waals surface area contributed by atoms with Crippen LogP contribution in [0, 0.1) is 0 Å². The zero-order valence-corrected chi connectivity index (χ0v) is 10.5. The van der Waals surface area contributed by atoms with Gasteiger partial charge < -0.3 is 5.11 Å². The summed E-state index contributed by atoms with van der Waals surface area (Å²) in [6.45, 7) is 3.04. The number of halogens is 3. The largest absolute Gasteiger partial charge is 0.481 e. The molecular formula is C9H10Cl3NO2. The van der Waals surface area contributed by atoms with Gasteiger partial charge in [0.1, 0.15) is 0 Å². The molecule has 0 saturated carbocycles. The average Bonchev–Trinajstić information content (AvgIpc) is 2.14. The standard InChI is InChI=1S/C7H6Cl3N.C2H4O2/c1-2-5-7(10)6(9)4(8)3-11-5;1-2(3)4/h3H,2H2,1H3;1H3,(H,3,4). The first kappa shape index (κ1) is 14.5. The molecular weight excluding hydrogens is 260 g/mol. The van der Waals surface area contributed by atoms with Gasteiger partial charge in [-0.25, -0.2) is 0 Å². The van der Waals surface area contributed by atoms with Crippen molar-refractivity contribution in [3.05, 3.63) is 27.0 Å². The van der Waals surface area contributed by atoms with E-state index in [1.165, 1.54) is 6.20 Å². The molecule has 1 rings (SSSR count). The summed E-state index contributed by atoms with van der Waals surface area (Å²) in [6, 6.07) is 0. The molecule has 0 fully saturated rings. The number of aromatic nitrogens is 1. The number of rotatable bonds is 1. The molecule has 0 radical (unpaired) electrons. The molecule has 6 heteroatoms. The summed E-state index contributed by atoms with van der Waals surface area (Å²) in [6.07, 6.45) is 2.27. The van der Waals surface area contributed by atoms with Gasteiger partial charge in [0.15, 0.2) is 0 Å². The van der Waals surface area contributed by atoms with Crippen molar-refractivity contribution in [3.63, 3.8) is 0 Å². The van der Waals surface area contributed by atoms with Crippen LogP contribution in [-0.4, -0.2) is 16.1 Å². The van der Waals surface area contributed by atoms with Crippen molar-refractivity contribution in [2.75, 3.05) is 0 Å². The molecule has 0 aliphatic rings. The van der Waals surface area contributed by atoms with Gasteiger partial charge in [-0.3, -0.25) is 9.78 Å². The van der Waals surface area contributed by atoms with Crippen molar-refractivity contribution in [1.29, 1.82) is 0 Å². The minimum atomic E-state index is -0.833. The molecule has 0 bridgehead atoms. The molecule has 84 valence electrons. The molecule has 15 heavy (non-hydrogen) atoms. The molecule has 0 spiro atoms. The van der Waals surface area contributed by atoms with Crippen molar-refractivity contribution >= 4 is 40.8 Å². The average molecular weight is 271 g/mol. The monoisotopic (exact) mass is 269 g/mol. The van der Waals surface area contributed by atoms with E-state index in [9.17, 15) is 0 Å². The Morgan fingerprint density at radius 2 is 1.87 bits per heavy atom. The normalized spacial score (nSPS) is 9.13. The first-order valence-corrected chi connectivity index (χ1v) is 5.21.